The highest BCUT2D eigenvalue weighted by molar-refractivity contribution is 5.93. The number of nitrogens with zero attached hydrogens (tertiary/aromatic N) is 2. The molecule has 0 aliphatic carbocycles. The minimum atomic E-state index is -0.294. The molecule has 26 heavy (non-hydrogen) atoms. The Kier molecular flexibility index (Phi) is 4.11. The van der Waals surface area contributed by atoms with Gasteiger partial charge in [0.15, 0.2) is 0 Å². The quantitative estimate of drug-likeness (QED) is 0.856. The Balaban J connectivity index is 1.56. The predicted octanol–water partition coefficient (Wildman–Crippen LogP) is 3.11. The highest BCUT2D eigenvalue weighted by atomic mass is 19.1. The van der Waals surface area contributed by atoms with E-state index in [2.05, 4.69) is 5.32 Å². The van der Waals surface area contributed by atoms with Gasteiger partial charge in [-0.05, 0) is 54.3 Å². The largest absolute Gasteiger partial charge is 0.332 e. The van der Waals surface area contributed by atoms with E-state index in [0.717, 1.165) is 16.7 Å². The van der Waals surface area contributed by atoms with E-state index in [1.807, 2.05) is 31.2 Å². The molecule has 3 amide bonds. The molecule has 6 heteroatoms. The lowest BCUT2D eigenvalue weighted by Crippen LogP contribution is -2.56. The van der Waals surface area contributed by atoms with Gasteiger partial charge in [-0.2, -0.15) is 0 Å². The molecule has 2 aromatic carbocycles. The molecular weight excluding hydrogens is 333 g/mol. The fourth-order valence-electron chi connectivity index (χ4n) is 3.78. The van der Waals surface area contributed by atoms with Gasteiger partial charge in [-0.25, -0.2) is 9.18 Å². The first-order chi connectivity index (χ1) is 12.5. The third-order valence-electron chi connectivity index (χ3n) is 5.06. The summed E-state index contributed by atoms with van der Waals surface area (Å²) in [5.41, 5.74) is 3.60. The highest BCUT2D eigenvalue weighted by Gasteiger charge is 2.38. The van der Waals surface area contributed by atoms with Crippen LogP contribution >= 0.6 is 0 Å². The van der Waals surface area contributed by atoms with Gasteiger partial charge in [0.25, 0.3) is 0 Å². The number of urea groups is 1. The van der Waals surface area contributed by atoms with E-state index in [0.29, 0.717) is 25.2 Å². The van der Waals surface area contributed by atoms with Crippen molar-refractivity contribution < 1.29 is 14.0 Å². The molecule has 1 atom stereocenters. The van der Waals surface area contributed by atoms with Crippen LogP contribution in [0.5, 0.6) is 0 Å². The molecule has 0 radical (unpaired) electrons. The van der Waals surface area contributed by atoms with Crippen LogP contribution in [0.4, 0.5) is 14.9 Å². The number of hydrogen-bond donors (Lipinski definition) is 1. The number of carbonyl (C=O) groups excluding carboxylic acids is 2. The van der Waals surface area contributed by atoms with Gasteiger partial charge >= 0.3 is 6.03 Å². The normalized spacial score (nSPS) is 19.0. The standard InChI is InChI=1S/C20H20FN3O2/c1-13-3-2-4-16(9-13)22-20(26)23-11-18-17-6-5-15(21)10-14(17)7-8-24(18)19(25)12-23/h2-6,9-10,18H,7-8,11-12H2,1H3,(H,22,26). The van der Waals surface area contributed by atoms with Crippen molar-refractivity contribution in [1.29, 1.82) is 0 Å². The van der Waals surface area contributed by atoms with Gasteiger partial charge in [0.2, 0.25) is 5.91 Å². The number of halogens is 1. The van der Waals surface area contributed by atoms with Gasteiger partial charge in [-0.1, -0.05) is 18.2 Å². The second kappa shape index (κ2) is 6.44. The molecule has 1 N–H and O–H groups in total. The Hall–Kier alpha value is -2.89. The molecule has 0 bridgehead atoms. The zero-order chi connectivity index (χ0) is 18.3. The molecule has 1 unspecified atom stereocenters. The first kappa shape index (κ1) is 16.6. The maximum Gasteiger partial charge on any atom is 0.322 e. The van der Waals surface area contributed by atoms with Crippen molar-refractivity contribution in [1.82, 2.24) is 9.80 Å². The Bertz CT molecular complexity index is 883. The summed E-state index contributed by atoms with van der Waals surface area (Å²) in [5, 5.41) is 2.86. The molecule has 4 rings (SSSR count). The highest BCUT2D eigenvalue weighted by Crippen LogP contribution is 2.33. The SMILES string of the molecule is Cc1cccc(NC(=O)N2CC(=O)N3CCc4cc(F)ccc4C3C2)c1. The summed E-state index contributed by atoms with van der Waals surface area (Å²) in [6.07, 6.45) is 0.644. The lowest BCUT2D eigenvalue weighted by Gasteiger charge is -2.44. The molecule has 5 nitrogen and oxygen atoms in total. The molecule has 0 aromatic heterocycles. The minimum absolute atomic E-state index is 0.0602. The van der Waals surface area contributed by atoms with Crippen molar-refractivity contribution in [3.8, 4) is 0 Å². The van der Waals surface area contributed by atoms with E-state index < -0.39 is 0 Å². The summed E-state index contributed by atoms with van der Waals surface area (Å²) in [7, 11) is 0. The molecule has 2 heterocycles. The van der Waals surface area contributed by atoms with Crippen molar-refractivity contribution in [3.63, 3.8) is 0 Å². The number of nitrogens with one attached hydrogen (secondary N) is 1. The Labute approximate surface area is 151 Å². The maximum absolute atomic E-state index is 13.5. The number of fused-ring (bicyclic) bond motifs is 3. The van der Waals surface area contributed by atoms with Crippen LogP contribution in [0.1, 0.15) is 22.7 Å². The average Bonchev–Trinajstić information content (AvgIpc) is 2.61. The fourth-order valence-corrected chi connectivity index (χ4v) is 3.78. The molecule has 0 spiro atoms. The fraction of sp³-hybridized carbons (Fsp3) is 0.300. The number of anilines is 1. The van der Waals surface area contributed by atoms with E-state index in [4.69, 9.17) is 0 Å². The van der Waals surface area contributed by atoms with Crippen molar-refractivity contribution >= 4 is 17.6 Å². The molecule has 0 saturated carbocycles. The van der Waals surface area contributed by atoms with E-state index in [1.54, 1.807) is 11.0 Å². The van der Waals surface area contributed by atoms with Crippen LogP contribution in [0.3, 0.4) is 0 Å². The summed E-state index contributed by atoms with van der Waals surface area (Å²) in [6.45, 7) is 2.98. The second-order valence-electron chi connectivity index (χ2n) is 6.88. The van der Waals surface area contributed by atoms with Gasteiger partial charge in [-0.3, -0.25) is 4.79 Å². The number of benzene rings is 2. The van der Waals surface area contributed by atoms with E-state index in [-0.39, 0.29) is 30.3 Å². The van der Waals surface area contributed by atoms with Crippen molar-refractivity contribution in [2.24, 2.45) is 0 Å². The first-order valence-corrected chi connectivity index (χ1v) is 8.71. The van der Waals surface area contributed by atoms with Crippen molar-refractivity contribution in [2.45, 2.75) is 19.4 Å². The van der Waals surface area contributed by atoms with E-state index in [1.165, 1.54) is 17.0 Å². The summed E-state index contributed by atoms with van der Waals surface area (Å²) in [5.74, 6) is -0.344. The number of carbonyl (C=O) groups is 2. The van der Waals surface area contributed by atoms with Crippen LogP contribution in [-0.2, 0) is 11.2 Å². The number of amides is 3. The van der Waals surface area contributed by atoms with Gasteiger partial charge in [-0.15, -0.1) is 0 Å². The second-order valence-corrected chi connectivity index (χ2v) is 6.88. The first-order valence-electron chi connectivity index (χ1n) is 8.71. The van der Waals surface area contributed by atoms with E-state index >= 15 is 0 Å². The maximum atomic E-state index is 13.5. The van der Waals surface area contributed by atoms with Crippen LogP contribution in [-0.4, -0.2) is 41.4 Å². The molecule has 1 saturated heterocycles. The van der Waals surface area contributed by atoms with Crippen LogP contribution in [0.2, 0.25) is 0 Å². The van der Waals surface area contributed by atoms with Gasteiger partial charge in [0, 0.05) is 18.8 Å². The smallest absolute Gasteiger partial charge is 0.322 e. The zero-order valence-electron chi connectivity index (χ0n) is 14.5. The molecule has 2 aliphatic heterocycles. The van der Waals surface area contributed by atoms with E-state index in [9.17, 15) is 14.0 Å². The van der Waals surface area contributed by atoms with Gasteiger partial charge in [0.1, 0.15) is 12.4 Å². The summed E-state index contributed by atoms with van der Waals surface area (Å²) in [6, 6.07) is 11.7. The van der Waals surface area contributed by atoms with Crippen LogP contribution in [0.15, 0.2) is 42.5 Å². The average molecular weight is 353 g/mol. The number of piperazine rings is 1. The monoisotopic (exact) mass is 353 g/mol. The topological polar surface area (TPSA) is 52.7 Å². The molecule has 2 aromatic rings. The minimum Gasteiger partial charge on any atom is -0.332 e. The summed E-state index contributed by atoms with van der Waals surface area (Å²) in [4.78, 5) is 28.5. The Morgan fingerprint density at radius 2 is 2.08 bits per heavy atom. The summed E-state index contributed by atoms with van der Waals surface area (Å²) >= 11 is 0. The molecular formula is C20H20FN3O2. The lowest BCUT2D eigenvalue weighted by molar-refractivity contribution is -0.139. The Morgan fingerprint density at radius 3 is 2.88 bits per heavy atom. The third-order valence-corrected chi connectivity index (χ3v) is 5.06. The number of aryl methyl sites for hydroxylation is 1. The van der Waals surface area contributed by atoms with Crippen molar-refractivity contribution in [2.75, 3.05) is 25.0 Å². The van der Waals surface area contributed by atoms with Gasteiger partial charge < -0.3 is 15.1 Å². The number of hydrogen-bond acceptors (Lipinski definition) is 2. The van der Waals surface area contributed by atoms with Crippen LogP contribution in [0.25, 0.3) is 0 Å². The predicted molar refractivity (Wildman–Crippen MR) is 96.3 cm³/mol. The Morgan fingerprint density at radius 1 is 1.23 bits per heavy atom. The summed E-state index contributed by atoms with van der Waals surface area (Å²) < 4.78 is 13.5. The van der Waals surface area contributed by atoms with Crippen LogP contribution in [0, 0.1) is 12.7 Å². The van der Waals surface area contributed by atoms with Crippen LogP contribution < -0.4 is 5.32 Å². The number of rotatable bonds is 1. The van der Waals surface area contributed by atoms with Gasteiger partial charge in [0.05, 0.1) is 6.04 Å². The zero-order valence-corrected chi connectivity index (χ0v) is 14.5. The molecule has 1 fully saturated rings. The molecule has 2 aliphatic rings. The lowest BCUT2D eigenvalue weighted by atomic mass is 9.90. The molecule has 134 valence electrons. The third kappa shape index (κ3) is 3.03. The van der Waals surface area contributed by atoms with Crippen molar-refractivity contribution in [3.05, 3.63) is 65.0 Å².